The van der Waals surface area contributed by atoms with Crippen LogP contribution in [0.2, 0.25) is 0 Å². The van der Waals surface area contributed by atoms with Crippen molar-refractivity contribution in [3.63, 3.8) is 0 Å². The van der Waals surface area contributed by atoms with E-state index in [1.165, 1.54) is 270 Å². The molecule has 0 aromatic heterocycles. The fraction of sp³-hybridized carbons (Fsp3) is 0.897. The van der Waals surface area contributed by atoms with E-state index in [9.17, 15) is 14.4 Å². The summed E-state index contributed by atoms with van der Waals surface area (Å²) < 4.78 is 16.9. The van der Waals surface area contributed by atoms with Crippen LogP contribution in [0.25, 0.3) is 0 Å². The lowest BCUT2D eigenvalue weighted by atomic mass is 10.0. The number of carbonyl (C=O) groups is 3. The number of carbonyl (C=O) groups excluding carboxylic acids is 3. The van der Waals surface area contributed by atoms with Crippen molar-refractivity contribution in [1.82, 2.24) is 0 Å². The van der Waals surface area contributed by atoms with E-state index in [-0.39, 0.29) is 31.1 Å². The molecule has 0 bridgehead atoms. The highest BCUT2D eigenvalue weighted by Gasteiger charge is 2.19. The van der Waals surface area contributed by atoms with Crippen LogP contribution in [0.4, 0.5) is 0 Å². The molecule has 0 amide bonds. The first kappa shape index (κ1) is 71.9. The van der Waals surface area contributed by atoms with Gasteiger partial charge in [-0.1, -0.05) is 328 Å². The maximum atomic E-state index is 12.9. The van der Waals surface area contributed by atoms with E-state index in [0.29, 0.717) is 19.3 Å². The number of esters is 3. The smallest absolute Gasteiger partial charge is 0.306 e. The number of allylic oxidation sites excluding steroid dienone is 4. The lowest BCUT2D eigenvalue weighted by Crippen LogP contribution is -2.30. The molecule has 436 valence electrons. The van der Waals surface area contributed by atoms with Gasteiger partial charge in [-0.25, -0.2) is 0 Å². The van der Waals surface area contributed by atoms with E-state index in [1.807, 2.05) is 0 Å². The number of ether oxygens (including phenoxy) is 3. The van der Waals surface area contributed by atoms with Crippen LogP contribution in [0.5, 0.6) is 0 Å². The Bertz CT molecular complexity index is 1190. The van der Waals surface area contributed by atoms with E-state index >= 15 is 0 Å². The van der Waals surface area contributed by atoms with E-state index in [4.69, 9.17) is 14.2 Å². The lowest BCUT2D eigenvalue weighted by Gasteiger charge is -2.18. The zero-order valence-corrected chi connectivity index (χ0v) is 50.1. The Kier molecular flexibility index (Phi) is 61.6. The third-order valence-electron chi connectivity index (χ3n) is 15.2. The van der Waals surface area contributed by atoms with Crippen molar-refractivity contribution in [2.24, 2.45) is 0 Å². The molecule has 0 aromatic rings. The van der Waals surface area contributed by atoms with Crippen molar-refractivity contribution in [3.8, 4) is 0 Å². The Morgan fingerprint density at radius 2 is 0.486 bits per heavy atom. The maximum absolute atomic E-state index is 12.9. The Hall–Kier alpha value is -2.11. The van der Waals surface area contributed by atoms with Gasteiger partial charge in [0, 0.05) is 19.3 Å². The monoisotopic (exact) mass is 1040 g/mol. The van der Waals surface area contributed by atoms with Crippen LogP contribution in [0.1, 0.15) is 374 Å². The number of unbranched alkanes of at least 4 members (excludes halogenated alkanes) is 47. The van der Waals surface area contributed by atoms with Crippen LogP contribution < -0.4 is 0 Å². The maximum Gasteiger partial charge on any atom is 0.306 e. The number of hydrogen-bond acceptors (Lipinski definition) is 6. The molecular weight excluding hydrogens is 913 g/mol. The predicted molar refractivity (Wildman–Crippen MR) is 321 cm³/mol. The molecule has 6 nitrogen and oxygen atoms in total. The van der Waals surface area contributed by atoms with Crippen molar-refractivity contribution >= 4 is 17.9 Å². The topological polar surface area (TPSA) is 78.9 Å². The largest absolute Gasteiger partial charge is 0.462 e. The Morgan fingerprint density at radius 1 is 0.270 bits per heavy atom. The SMILES string of the molecule is CCCCC/C=C\C/C=C\CCCCCCCCCCCC(=O)OC(COC(=O)CCCCCCCCCCCCCC)COC(=O)CCCCCCCCCCCCCCCCCCCCCCCCCCC. The minimum atomic E-state index is -0.769. The first-order valence-electron chi connectivity index (χ1n) is 33.3. The molecule has 0 N–H and O–H groups in total. The molecule has 1 unspecified atom stereocenters. The zero-order chi connectivity index (χ0) is 53.6. The molecule has 0 saturated heterocycles. The van der Waals surface area contributed by atoms with Crippen molar-refractivity contribution in [2.75, 3.05) is 13.2 Å². The highest BCUT2D eigenvalue weighted by Crippen LogP contribution is 2.18. The third kappa shape index (κ3) is 60.8. The molecule has 0 aliphatic rings. The summed E-state index contributed by atoms with van der Waals surface area (Å²) in [6.07, 6.45) is 76.2. The molecule has 0 rings (SSSR count). The van der Waals surface area contributed by atoms with E-state index < -0.39 is 6.10 Å². The van der Waals surface area contributed by atoms with Gasteiger partial charge in [0.25, 0.3) is 0 Å². The van der Waals surface area contributed by atoms with Gasteiger partial charge in [0.1, 0.15) is 13.2 Å². The summed E-state index contributed by atoms with van der Waals surface area (Å²) in [6, 6.07) is 0. The molecule has 1 atom stereocenters. The van der Waals surface area contributed by atoms with Gasteiger partial charge >= 0.3 is 17.9 Å². The van der Waals surface area contributed by atoms with Crippen molar-refractivity contribution in [3.05, 3.63) is 24.3 Å². The fourth-order valence-corrected chi connectivity index (χ4v) is 10.2. The highest BCUT2D eigenvalue weighted by molar-refractivity contribution is 5.71. The second-order valence-electron chi connectivity index (χ2n) is 22.7. The average molecular weight is 1040 g/mol. The molecule has 0 aliphatic heterocycles. The quantitative estimate of drug-likeness (QED) is 0.0261. The second kappa shape index (κ2) is 63.4. The Balaban J connectivity index is 4.20. The molecule has 0 radical (unpaired) electrons. The second-order valence-corrected chi connectivity index (χ2v) is 22.7. The van der Waals surface area contributed by atoms with Crippen LogP contribution in [0.15, 0.2) is 24.3 Å². The number of hydrogen-bond donors (Lipinski definition) is 0. The van der Waals surface area contributed by atoms with Gasteiger partial charge < -0.3 is 14.2 Å². The summed E-state index contributed by atoms with van der Waals surface area (Å²) in [7, 11) is 0. The first-order chi connectivity index (χ1) is 36.5. The fourth-order valence-electron chi connectivity index (χ4n) is 10.2. The average Bonchev–Trinajstić information content (AvgIpc) is 3.40. The molecule has 0 aromatic carbocycles. The minimum absolute atomic E-state index is 0.0667. The van der Waals surface area contributed by atoms with Crippen LogP contribution in [0, 0.1) is 0 Å². The summed E-state index contributed by atoms with van der Waals surface area (Å²) in [6.45, 7) is 6.68. The van der Waals surface area contributed by atoms with Gasteiger partial charge in [0.2, 0.25) is 0 Å². The standard InChI is InChI=1S/C68H128O6/c1-4-7-10-13-16-19-22-25-27-29-31-32-33-34-35-36-38-39-41-43-46-49-52-55-58-61-67(70)73-64-65(63-72-66(69)60-57-54-51-48-45-24-21-18-15-12-9-6-3)74-68(71)62-59-56-53-50-47-44-42-40-37-30-28-26-23-20-17-14-11-8-5-2/h17,20,26,28,65H,4-16,18-19,21-25,27,29-64H2,1-3H3/b20-17-,28-26-. The summed E-state index contributed by atoms with van der Waals surface area (Å²) in [4.78, 5) is 38.3. The van der Waals surface area contributed by atoms with E-state index in [0.717, 1.165) is 64.2 Å². The molecule has 0 aliphatic carbocycles. The summed E-state index contributed by atoms with van der Waals surface area (Å²) >= 11 is 0. The third-order valence-corrected chi connectivity index (χ3v) is 15.2. The van der Waals surface area contributed by atoms with Crippen molar-refractivity contribution < 1.29 is 28.6 Å². The first-order valence-corrected chi connectivity index (χ1v) is 33.3. The van der Waals surface area contributed by atoms with Crippen molar-refractivity contribution in [2.45, 2.75) is 380 Å². The molecule has 0 fully saturated rings. The van der Waals surface area contributed by atoms with Gasteiger partial charge in [-0.3, -0.25) is 14.4 Å². The normalized spacial score (nSPS) is 12.1. The number of rotatable bonds is 62. The summed E-state index contributed by atoms with van der Waals surface area (Å²) in [5, 5.41) is 0. The van der Waals surface area contributed by atoms with Gasteiger partial charge in [0.15, 0.2) is 6.10 Å². The van der Waals surface area contributed by atoms with Crippen LogP contribution >= 0.6 is 0 Å². The van der Waals surface area contributed by atoms with Gasteiger partial charge in [0.05, 0.1) is 0 Å². The zero-order valence-electron chi connectivity index (χ0n) is 50.1. The van der Waals surface area contributed by atoms with Gasteiger partial charge in [-0.2, -0.15) is 0 Å². The van der Waals surface area contributed by atoms with Crippen LogP contribution in [0.3, 0.4) is 0 Å². The predicted octanol–water partition coefficient (Wildman–Crippen LogP) is 22.6. The lowest BCUT2D eigenvalue weighted by molar-refractivity contribution is -0.167. The molecular formula is C68H128O6. The summed E-state index contributed by atoms with van der Waals surface area (Å²) in [5.41, 5.74) is 0. The van der Waals surface area contributed by atoms with Crippen LogP contribution in [-0.2, 0) is 28.6 Å². The molecule has 0 spiro atoms. The molecule has 6 heteroatoms. The highest BCUT2D eigenvalue weighted by atomic mass is 16.6. The van der Waals surface area contributed by atoms with Gasteiger partial charge in [-0.05, 0) is 51.4 Å². The van der Waals surface area contributed by atoms with Gasteiger partial charge in [-0.15, -0.1) is 0 Å². The Morgan fingerprint density at radius 3 is 0.770 bits per heavy atom. The summed E-state index contributed by atoms with van der Waals surface area (Å²) in [5.74, 6) is -0.843. The molecule has 0 heterocycles. The minimum Gasteiger partial charge on any atom is -0.462 e. The Labute approximate surface area is 462 Å². The molecule has 0 saturated carbocycles. The van der Waals surface area contributed by atoms with E-state index in [1.54, 1.807) is 0 Å². The molecule has 74 heavy (non-hydrogen) atoms. The van der Waals surface area contributed by atoms with Crippen LogP contribution in [-0.4, -0.2) is 37.2 Å². The van der Waals surface area contributed by atoms with E-state index in [2.05, 4.69) is 45.1 Å². The van der Waals surface area contributed by atoms with Crippen molar-refractivity contribution in [1.29, 1.82) is 0 Å².